The van der Waals surface area contributed by atoms with Gasteiger partial charge in [0.15, 0.2) is 5.78 Å². The standard InChI is InChI=1S/C20H16ClFN2O/c1-12-20-18(24(23-12)17-8-4-15(21)5-9-17)10-14(11-19(20)25)13-2-6-16(22)7-3-13/h2-9,14H,10-11H2,1H3/t14-/m0/s1. The smallest absolute Gasteiger partial charge is 0.167 e. The van der Waals surface area contributed by atoms with Crippen LogP contribution < -0.4 is 0 Å². The lowest BCUT2D eigenvalue weighted by molar-refractivity contribution is 0.0963. The van der Waals surface area contributed by atoms with Gasteiger partial charge in [0.2, 0.25) is 0 Å². The third-order valence-corrected chi connectivity index (χ3v) is 4.97. The molecule has 126 valence electrons. The number of ketones is 1. The van der Waals surface area contributed by atoms with Crippen LogP contribution in [-0.2, 0) is 6.42 Å². The Labute approximate surface area is 150 Å². The zero-order chi connectivity index (χ0) is 17.6. The maximum absolute atomic E-state index is 13.2. The van der Waals surface area contributed by atoms with Gasteiger partial charge in [0.25, 0.3) is 0 Å². The molecule has 0 amide bonds. The molecule has 3 nitrogen and oxygen atoms in total. The fourth-order valence-electron chi connectivity index (χ4n) is 3.52. The minimum Gasteiger partial charge on any atom is -0.294 e. The van der Waals surface area contributed by atoms with Crippen LogP contribution in [0.1, 0.15) is 39.6 Å². The molecular weight excluding hydrogens is 339 g/mol. The summed E-state index contributed by atoms with van der Waals surface area (Å²) in [5.74, 6) is -0.148. The molecule has 0 fully saturated rings. The van der Waals surface area contributed by atoms with E-state index in [-0.39, 0.29) is 17.5 Å². The number of fused-ring (bicyclic) bond motifs is 1. The number of aromatic nitrogens is 2. The first-order chi connectivity index (χ1) is 12.0. The molecule has 2 aromatic carbocycles. The highest BCUT2D eigenvalue weighted by atomic mass is 35.5. The Balaban J connectivity index is 1.78. The maximum atomic E-state index is 13.2. The average molecular weight is 355 g/mol. The number of hydrogen-bond acceptors (Lipinski definition) is 2. The van der Waals surface area contributed by atoms with E-state index >= 15 is 0 Å². The van der Waals surface area contributed by atoms with Crippen LogP contribution >= 0.6 is 11.6 Å². The molecule has 0 radical (unpaired) electrons. The number of carbonyl (C=O) groups is 1. The summed E-state index contributed by atoms with van der Waals surface area (Å²) < 4.78 is 15.0. The van der Waals surface area contributed by atoms with Gasteiger partial charge in [-0.3, -0.25) is 4.79 Å². The number of carbonyl (C=O) groups excluding carboxylic acids is 1. The fraction of sp³-hybridized carbons (Fsp3) is 0.200. The lowest BCUT2D eigenvalue weighted by Crippen LogP contribution is -2.20. The van der Waals surface area contributed by atoms with Gasteiger partial charge < -0.3 is 0 Å². The van der Waals surface area contributed by atoms with Gasteiger partial charge >= 0.3 is 0 Å². The Morgan fingerprint density at radius 2 is 1.76 bits per heavy atom. The van der Waals surface area contributed by atoms with E-state index in [1.165, 1.54) is 12.1 Å². The second-order valence-corrected chi connectivity index (χ2v) is 6.81. The lowest BCUT2D eigenvalue weighted by Gasteiger charge is -2.23. The normalized spacial score (nSPS) is 16.8. The first-order valence-electron chi connectivity index (χ1n) is 8.16. The predicted octanol–water partition coefficient (Wildman–Crippen LogP) is 4.89. The Kier molecular flexibility index (Phi) is 3.92. The van der Waals surface area contributed by atoms with Gasteiger partial charge in [-0.15, -0.1) is 0 Å². The van der Waals surface area contributed by atoms with Crippen LogP contribution in [0, 0.1) is 12.7 Å². The highest BCUT2D eigenvalue weighted by Gasteiger charge is 2.32. The summed E-state index contributed by atoms with van der Waals surface area (Å²) in [6.45, 7) is 1.86. The minimum atomic E-state index is -0.270. The predicted molar refractivity (Wildman–Crippen MR) is 95.1 cm³/mol. The van der Waals surface area contributed by atoms with E-state index in [9.17, 15) is 9.18 Å². The van der Waals surface area contributed by atoms with Crippen LogP contribution in [0.15, 0.2) is 48.5 Å². The molecule has 3 aromatic rings. The number of halogens is 2. The number of benzene rings is 2. The van der Waals surface area contributed by atoms with Crippen LogP contribution in [0.25, 0.3) is 5.69 Å². The molecule has 1 heterocycles. The summed E-state index contributed by atoms with van der Waals surface area (Å²) >= 11 is 5.97. The molecule has 0 saturated heterocycles. The highest BCUT2D eigenvalue weighted by molar-refractivity contribution is 6.30. The van der Waals surface area contributed by atoms with Gasteiger partial charge in [-0.05, 0) is 61.2 Å². The molecule has 5 heteroatoms. The van der Waals surface area contributed by atoms with Crippen molar-refractivity contribution >= 4 is 17.4 Å². The quantitative estimate of drug-likeness (QED) is 0.657. The molecule has 25 heavy (non-hydrogen) atoms. The molecule has 1 atom stereocenters. The van der Waals surface area contributed by atoms with Crippen LogP contribution in [0.5, 0.6) is 0 Å². The van der Waals surface area contributed by atoms with Crippen molar-refractivity contribution in [2.24, 2.45) is 0 Å². The number of aryl methyl sites for hydroxylation is 1. The van der Waals surface area contributed by atoms with Crippen LogP contribution in [0.4, 0.5) is 4.39 Å². The number of Topliss-reactive ketones (excluding diaryl/α,β-unsaturated/α-hetero) is 1. The molecule has 0 N–H and O–H groups in total. The Hall–Kier alpha value is -2.46. The second-order valence-electron chi connectivity index (χ2n) is 6.38. The van der Waals surface area contributed by atoms with Gasteiger partial charge in [-0.25, -0.2) is 9.07 Å². The van der Waals surface area contributed by atoms with Gasteiger partial charge in [0, 0.05) is 11.4 Å². The van der Waals surface area contributed by atoms with E-state index in [0.29, 0.717) is 23.4 Å². The summed E-state index contributed by atoms with van der Waals surface area (Å²) in [6.07, 6.45) is 1.11. The van der Waals surface area contributed by atoms with Gasteiger partial charge in [-0.2, -0.15) is 5.10 Å². The molecule has 0 aliphatic heterocycles. The summed E-state index contributed by atoms with van der Waals surface area (Å²) in [5, 5.41) is 5.23. The topological polar surface area (TPSA) is 34.9 Å². The first kappa shape index (κ1) is 16.0. The maximum Gasteiger partial charge on any atom is 0.167 e. The van der Waals surface area contributed by atoms with E-state index in [4.69, 9.17) is 11.6 Å². The van der Waals surface area contributed by atoms with E-state index in [1.807, 2.05) is 35.9 Å². The molecule has 0 saturated carbocycles. The summed E-state index contributed by atoms with van der Waals surface area (Å²) in [5.41, 5.74) is 4.22. The van der Waals surface area contributed by atoms with Crippen molar-refractivity contribution in [2.75, 3.05) is 0 Å². The third-order valence-electron chi connectivity index (χ3n) is 4.72. The first-order valence-corrected chi connectivity index (χ1v) is 8.54. The van der Waals surface area contributed by atoms with Crippen molar-refractivity contribution in [1.29, 1.82) is 0 Å². The lowest BCUT2D eigenvalue weighted by atomic mass is 9.81. The van der Waals surface area contributed by atoms with Crippen LogP contribution in [-0.4, -0.2) is 15.6 Å². The minimum absolute atomic E-state index is 0.0303. The van der Waals surface area contributed by atoms with Crippen LogP contribution in [0.3, 0.4) is 0 Å². The van der Waals surface area contributed by atoms with Gasteiger partial charge in [0.1, 0.15) is 5.82 Å². The average Bonchev–Trinajstić information content (AvgIpc) is 2.93. The molecule has 0 unspecified atom stereocenters. The van der Waals surface area contributed by atoms with Gasteiger partial charge in [-0.1, -0.05) is 23.7 Å². The summed E-state index contributed by atoms with van der Waals surface area (Å²) in [7, 11) is 0. The summed E-state index contributed by atoms with van der Waals surface area (Å²) in [6, 6.07) is 13.8. The molecule has 1 aromatic heterocycles. The van der Waals surface area contributed by atoms with Gasteiger partial charge in [0.05, 0.1) is 22.6 Å². The number of rotatable bonds is 2. The Bertz CT molecular complexity index is 945. The van der Waals surface area contributed by atoms with Crippen molar-refractivity contribution in [1.82, 2.24) is 9.78 Å². The Morgan fingerprint density at radius 3 is 2.44 bits per heavy atom. The highest BCUT2D eigenvalue weighted by Crippen LogP contribution is 2.35. The van der Waals surface area contributed by atoms with Crippen molar-refractivity contribution < 1.29 is 9.18 Å². The molecular formula is C20H16ClFN2O. The second kappa shape index (κ2) is 6.12. The fourth-order valence-corrected chi connectivity index (χ4v) is 3.65. The molecule has 0 bridgehead atoms. The number of nitrogens with zero attached hydrogens (tertiary/aromatic N) is 2. The van der Waals surface area contributed by atoms with Crippen LogP contribution in [0.2, 0.25) is 5.02 Å². The number of hydrogen-bond donors (Lipinski definition) is 0. The molecule has 0 spiro atoms. The zero-order valence-electron chi connectivity index (χ0n) is 13.7. The molecule has 1 aliphatic rings. The van der Waals surface area contributed by atoms with Crippen molar-refractivity contribution in [3.05, 3.63) is 81.9 Å². The summed E-state index contributed by atoms with van der Waals surface area (Å²) in [4.78, 5) is 12.7. The van der Waals surface area contributed by atoms with Crippen molar-refractivity contribution in [3.8, 4) is 5.69 Å². The molecule has 4 rings (SSSR count). The van der Waals surface area contributed by atoms with E-state index in [1.54, 1.807) is 12.1 Å². The van der Waals surface area contributed by atoms with Crippen molar-refractivity contribution in [3.63, 3.8) is 0 Å². The van der Waals surface area contributed by atoms with Crippen molar-refractivity contribution in [2.45, 2.75) is 25.7 Å². The van der Waals surface area contributed by atoms with E-state index in [2.05, 4.69) is 5.10 Å². The Morgan fingerprint density at radius 1 is 1.08 bits per heavy atom. The monoisotopic (exact) mass is 354 g/mol. The van der Waals surface area contributed by atoms with E-state index < -0.39 is 0 Å². The SMILES string of the molecule is Cc1nn(-c2ccc(Cl)cc2)c2c1C(=O)C[C@@H](c1ccc(F)cc1)C2. The largest absolute Gasteiger partial charge is 0.294 e. The zero-order valence-corrected chi connectivity index (χ0v) is 14.4. The van der Waals surface area contributed by atoms with E-state index in [0.717, 1.165) is 22.6 Å². The molecule has 1 aliphatic carbocycles. The third kappa shape index (κ3) is 2.87.